The molecule has 6 heteroatoms. The molecule has 0 saturated carbocycles. The molecule has 1 aromatic heterocycles. The Hall–Kier alpha value is -3.67. The van der Waals surface area contributed by atoms with Crippen molar-refractivity contribution in [3.8, 4) is 0 Å². The van der Waals surface area contributed by atoms with E-state index in [9.17, 15) is 14.9 Å². The fourth-order valence-electron chi connectivity index (χ4n) is 3.24. The first-order chi connectivity index (χ1) is 13.0. The summed E-state index contributed by atoms with van der Waals surface area (Å²) in [5.74, 6) is -0.276. The number of H-pyrrole nitrogens is 1. The number of nitrogens with one attached hydrogen (secondary N) is 2. The first-order valence-electron chi connectivity index (χ1n) is 8.58. The summed E-state index contributed by atoms with van der Waals surface area (Å²) >= 11 is 0. The molecule has 0 spiro atoms. The largest absolute Gasteiger partial charge is 0.360 e. The zero-order valence-electron chi connectivity index (χ0n) is 14.6. The Balaban J connectivity index is 1.61. The highest BCUT2D eigenvalue weighted by Gasteiger charge is 2.17. The second kappa shape index (κ2) is 6.57. The predicted molar refractivity (Wildman–Crippen MR) is 105 cm³/mol. The molecule has 134 valence electrons. The minimum absolute atomic E-state index is 0.0428. The van der Waals surface area contributed by atoms with E-state index in [0.717, 1.165) is 16.3 Å². The molecule has 0 fully saturated rings. The van der Waals surface area contributed by atoms with Gasteiger partial charge in [-0.2, -0.15) is 0 Å². The van der Waals surface area contributed by atoms with Gasteiger partial charge in [0.25, 0.3) is 11.6 Å². The standard InChI is InChI=1S/C21H17N3O3/c1-13(15-7-6-14-4-2-3-5-16(14)10-15)23-21(25)19-12-22-20-9-8-17(24(26)27)11-18(19)20/h2-13,22H,1H3,(H,23,25). The number of carbonyl (C=O) groups excluding carboxylic acids is 1. The third kappa shape index (κ3) is 3.13. The van der Waals surface area contributed by atoms with Gasteiger partial charge < -0.3 is 10.3 Å². The lowest BCUT2D eigenvalue weighted by molar-refractivity contribution is -0.384. The van der Waals surface area contributed by atoms with E-state index in [4.69, 9.17) is 0 Å². The Morgan fingerprint density at radius 1 is 1.07 bits per heavy atom. The molecule has 0 aliphatic heterocycles. The minimum Gasteiger partial charge on any atom is -0.360 e. The van der Waals surface area contributed by atoms with Gasteiger partial charge >= 0.3 is 0 Å². The molecule has 0 radical (unpaired) electrons. The summed E-state index contributed by atoms with van der Waals surface area (Å²) in [5.41, 5.74) is 2.03. The lowest BCUT2D eigenvalue weighted by Crippen LogP contribution is -2.26. The van der Waals surface area contributed by atoms with Crippen LogP contribution in [0.15, 0.2) is 66.9 Å². The van der Waals surface area contributed by atoms with Crippen molar-refractivity contribution in [2.24, 2.45) is 0 Å². The number of non-ortho nitro benzene ring substituents is 1. The monoisotopic (exact) mass is 359 g/mol. The van der Waals surface area contributed by atoms with Crippen LogP contribution in [0.4, 0.5) is 5.69 Å². The summed E-state index contributed by atoms with van der Waals surface area (Å²) in [6.45, 7) is 1.92. The lowest BCUT2D eigenvalue weighted by Gasteiger charge is -2.15. The van der Waals surface area contributed by atoms with Crippen LogP contribution in [-0.2, 0) is 0 Å². The second-order valence-electron chi connectivity index (χ2n) is 6.49. The van der Waals surface area contributed by atoms with Crippen LogP contribution in [0.25, 0.3) is 21.7 Å². The molecule has 1 heterocycles. The van der Waals surface area contributed by atoms with Gasteiger partial charge in [0.2, 0.25) is 0 Å². The van der Waals surface area contributed by atoms with Crippen molar-refractivity contribution in [2.45, 2.75) is 13.0 Å². The Labute approximate surface area is 155 Å². The maximum absolute atomic E-state index is 12.7. The highest BCUT2D eigenvalue weighted by molar-refractivity contribution is 6.07. The fourth-order valence-corrected chi connectivity index (χ4v) is 3.24. The van der Waals surface area contributed by atoms with Crippen LogP contribution in [0.1, 0.15) is 28.9 Å². The summed E-state index contributed by atoms with van der Waals surface area (Å²) in [4.78, 5) is 26.3. The first-order valence-corrected chi connectivity index (χ1v) is 8.58. The number of nitrogens with zero attached hydrogens (tertiary/aromatic N) is 1. The zero-order chi connectivity index (χ0) is 19.0. The van der Waals surface area contributed by atoms with Crippen molar-refractivity contribution in [1.82, 2.24) is 10.3 Å². The molecule has 6 nitrogen and oxygen atoms in total. The van der Waals surface area contributed by atoms with Gasteiger partial charge in [0, 0.05) is 29.2 Å². The number of nitro groups is 1. The number of nitro benzene ring substituents is 1. The fraction of sp³-hybridized carbons (Fsp3) is 0.0952. The number of rotatable bonds is 4. The number of hydrogen-bond donors (Lipinski definition) is 2. The summed E-state index contributed by atoms with van der Waals surface area (Å²) < 4.78 is 0. The first kappa shape index (κ1) is 16.8. The molecule has 3 aromatic carbocycles. The molecule has 4 aromatic rings. The van der Waals surface area contributed by atoms with Crippen molar-refractivity contribution in [2.75, 3.05) is 0 Å². The van der Waals surface area contributed by atoms with Gasteiger partial charge in [-0.3, -0.25) is 14.9 Å². The highest BCUT2D eigenvalue weighted by Crippen LogP contribution is 2.25. The van der Waals surface area contributed by atoms with Crippen LogP contribution >= 0.6 is 0 Å². The molecule has 0 bridgehead atoms. The van der Waals surface area contributed by atoms with Crippen LogP contribution in [0.3, 0.4) is 0 Å². The van der Waals surface area contributed by atoms with Crippen molar-refractivity contribution >= 4 is 33.3 Å². The Morgan fingerprint density at radius 2 is 1.85 bits per heavy atom. The number of benzene rings is 3. The van der Waals surface area contributed by atoms with Gasteiger partial charge in [-0.1, -0.05) is 36.4 Å². The van der Waals surface area contributed by atoms with Crippen LogP contribution in [0.2, 0.25) is 0 Å². The van der Waals surface area contributed by atoms with Crippen molar-refractivity contribution in [3.63, 3.8) is 0 Å². The number of amides is 1. The lowest BCUT2D eigenvalue weighted by atomic mass is 10.0. The SMILES string of the molecule is CC(NC(=O)c1c[nH]c2ccc([N+](=O)[O-])cc12)c1ccc2ccccc2c1. The maximum Gasteiger partial charge on any atom is 0.270 e. The van der Waals surface area contributed by atoms with Gasteiger partial charge in [-0.05, 0) is 35.4 Å². The second-order valence-corrected chi connectivity index (χ2v) is 6.49. The number of carbonyl (C=O) groups is 1. The van der Waals surface area contributed by atoms with Crippen LogP contribution in [0, 0.1) is 10.1 Å². The molecule has 1 atom stereocenters. The van der Waals surface area contributed by atoms with Crippen LogP contribution in [-0.4, -0.2) is 15.8 Å². The third-order valence-corrected chi connectivity index (χ3v) is 4.74. The smallest absolute Gasteiger partial charge is 0.270 e. The summed E-state index contributed by atoms with van der Waals surface area (Å²) in [6.07, 6.45) is 1.58. The van der Waals surface area contributed by atoms with E-state index >= 15 is 0 Å². The number of hydrogen-bond acceptors (Lipinski definition) is 3. The van der Waals surface area contributed by atoms with E-state index in [1.165, 1.54) is 12.1 Å². The van der Waals surface area contributed by atoms with Crippen molar-refractivity contribution in [1.29, 1.82) is 0 Å². The number of aromatic nitrogens is 1. The van der Waals surface area contributed by atoms with Crippen LogP contribution < -0.4 is 5.32 Å². The number of fused-ring (bicyclic) bond motifs is 2. The molecular weight excluding hydrogens is 342 g/mol. The van der Waals surface area contributed by atoms with Crippen molar-refractivity contribution < 1.29 is 9.72 Å². The van der Waals surface area contributed by atoms with Gasteiger partial charge in [-0.15, -0.1) is 0 Å². The van der Waals surface area contributed by atoms with E-state index in [1.54, 1.807) is 12.3 Å². The average molecular weight is 359 g/mol. The van der Waals surface area contributed by atoms with Crippen molar-refractivity contribution in [3.05, 3.63) is 88.1 Å². The third-order valence-electron chi connectivity index (χ3n) is 4.74. The van der Waals surface area contributed by atoms with E-state index in [-0.39, 0.29) is 17.6 Å². The molecule has 0 saturated heterocycles. The normalized spacial score (nSPS) is 12.2. The summed E-state index contributed by atoms with van der Waals surface area (Å²) in [5, 5.41) is 16.8. The Kier molecular flexibility index (Phi) is 4.08. The highest BCUT2D eigenvalue weighted by atomic mass is 16.6. The Bertz CT molecular complexity index is 1180. The number of aromatic amines is 1. The molecule has 0 aliphatic carbocycles. The molecule has 27 heavy (non-hydrogen) atoms. The molecule has 2 N–H and O–H groups in total. The molecule has 0 aliphatic rings. The molecule has 4 rings (SSSR count). The molecule has 1 unspecified atom stereocenters. The van der Waals surface area contributed by atoms with E-state index in [0.29, 0.717) is 16.5 Å². The van der Waals surface area contributed by atoms with E-state index in [1.807, 2.05) is 43.3 Å². The Morgan fingerprint density at radius 3 is 2.63 bits per heavy atom. The predicted octanol–water partition coefficient (Wildman–Crippen LogP) is 4.72. The maximum atomic E-state index is 12.7. The molecule has 1 amide bonds. The van der Waals surface area contributed by atoms with Crippen LogP contribution in [0.5, 0.6) is 0 Å². The van der Waals surface area contributed by atoms with E-state index < -0.39 is 4.92 Å². The quantitative estimate of drug-likeness (QED) is 0.408. The minimum atomic E-state index is -0.466. The average Bonchev–Trinajstić information content (AvgIpc) is 3.10. The van der Waals surface area contributed by atoms with Gasteiger partial charge in [0.1, 0.15) is 0 Å². The van der Waals surface area contributed by atoms with E-state index in [2.05, 4.69) is 16.4 Å². The molecular formula is C21H17N3O3. The summed E-state index contributed by atoms with van der Waals surface area (Å²) in [7, 11) is 0. The summed E-state index contributed by atoms with van der Waals surface area (Å²) in [6, 6.07) is 18.4. The zero-order valence-corrected chi connectivity index (χ0v) is 14.6. The van der Waals surface area contributed by atoms with Gasteiger partial charge in [0.05, 0.1) is 16.5 Å². The van der Waals surface area contributed by atoms with Gasteiger partial charge in [0.15, 0.2) is 0 Å². The topological polar surface area (TPSA) is 88.0 Å². The van der Waals surface area contributed by atoms with Gasteiger partial charge in [-0.25, -0.2) is 0 Å².